The molecule has 0 fully saturated rings. The predicted molar refractivity (Wildman–Crippen MR) is 85.9 cm³/mol. The molecular formula is C14H32O2Si2. The standard InChI is InChI=1S/C14H32O2Si2/c1-10-11-13(4)15-14(12(2)3)18(8,9)16-17(5,6)7/h10,12-14H,1,11H2,2-9H3. The molecule has 0 saturated carbocycles. The second kappa shape index (κ2) is 7.03. The maximum absolute atomic E-state index is 6.45. The molecule has 0 aliphatic rings. The van der Waals surface area contributed by atoms with Crippen LogP contribution < -0.4 is 0 Å². The molecule has 0 aliphatic carbocycles. The average Bonchev–Trinajstić information content (AvgIpc) is 2.09. The first kappa shape index (κ1) is 18.1. The molecule has 2 unspecified atom stereocenters. The third-order valence-corrected chi connectivity index (χ3v) is 9.46. The molecule has 18 heavy (non-hydrogen) atoms. The topological polar surface area (TPSA) is 18.5 Å². The first-order chi connectivity index (χ1) is 7.99. The summed E-state index contributed by atoms with van der Waals surface area (Å²) in [7, 11) is -3.33. The van der Waals surface area contributed by atoms with Crippen LogP contribution in [0.4, 0.5) is 0 Å². The van der Waals surface area contributed by atoms with Gasteiger partial charge in [-0.25, -0.2) is 0 Å². The Kier molecular flexibility index (Phi) is 7.07. The minimum atomic E-state index is -1.82. The lowest BCUT2D eigenvalue weighted by atomic mass is 10.2. The largest absolute Gasteiger partial charge is 0.454 e. The van der Waals surface area contributed by atoms with E-state index < -0.39 is 16.6 Å². The van der Waals surface area contributed by atoms with Gasteiger partial charge in [-0.1, -0.05) is 19.9 Å². The number of ether oxygens (including phenoxy) is 1. The Morgan fingerprint density at radius 3 is 1.89 bits per heavy atom. The first-order valence-electron chi connectivity index (χ1n) is 6.96. The van der Waals surface area contributed by atoms with E-state index in [2.05, 4.69) is 60.1 Å². The van der Waals surface area contributed by atoms with Crippen molar-refractivity contribution in [3.05, 3.63) is 12.7 Å². The Bertz CT molecular complexity index is 257. The molecule has 0 saturated heterocycles. The van der Waals surface area contributed by atoms with Crippen molar-refractivity contribution in [3.63, 3.8) is 0 Å². The summed E-state index contributed by atoms with van der Waals surface area (Å²) in [6.45, 7) is 21.7. The minimum absolute atomic E-state index is 0.229. The van der Waals surface area contributed by atoms with Gasteiger partial charge in [0.1, 0.15) is 0 Å². The highest BCUT2D eigenvalue weighted by Crippen LogP contribution is 2.26. The Hall–Kier alpha value is 0.0938. The van der Waals surface area contributed by atoms with Gasteiger partial charge in [0.15, 0.2) is 8.32 Å². The molecule has 0 amide bonds. The van der Waals surface area contributed by atoms with Crippen LogP contribution in [0.5, 0.6) is 0 Å². The van der Waals surface area contributed by atoms with Crippen molar-refractivity contribution >= 4 is 16.6 Å². The van der Waals surface area contributed by atoms with Gasteiger partial charge in [-0.05, 0) is 52.0 Å². The summed E-state index contributed by atoms with van der Waals surface area (Å²) in [4.78, 5) is 0. The summed E-state index contributed by atoms with van der Waals surface area (Å²) in [5.41, 5.74) is 0.249. The fraction of sp³-hybridized carbons (Fsp3) is 0.857. The Morgan fingerprint density at radius 1 is 1.06 bits per heavy atom. The summed E-state index contributed by atoms with van der Waals surface area (Å²) in [6.07, 6.45) is 3.06. The zero-order valence-corrected chi connectivity index (χ0v) is 15.5. The predicted octanol–water partition coefficient (Wildman–Crippen LogP) is 4.59. The molecule has 0 heterocycles. The van der Waals surface area contributed by atoms with E-state index >= 15 is 0 Å². The molecule has 0 N–H and O–H groups in total. The smallest absolute Gasteiger partial charge is 0.202 e. The van der Waals surface area contributed by atoms with Crippen LogP contribution in [-0.2, 0) is 8.85 Å². The van der Waals surface area contributed by atoms with Gasteiger partial charge in [0, 0.05) is 0 Å². The lowest BCUT2D eigenvalue weighted by Gasteiger charge is -2.40. The highest BCUT2D eigenvalue weighted by Gasteiger charge is 2.40. The maximum atomic E-state index is 6.45. The minimum Gasteiger partial charge on any atom is -0.454 e. The summed E-state index contributed by atoms with van der Waals surface area (Å²) < 4.78 is 12.7. The van der Waals surface area contributed by atoms with Crippen molar-refractivity contribution < 1.29 is 8.85 Å². The molecule has 0 aliphatic heterocycles. The summed E-state index contributed by atoms with van der Waals surface area (Å²) >= 11 is 0. The lowest BCUT2D eigenvalue weighted by Crippen LogP contribution is -2.55. The lowest BCUT2D eigenvalue weighted by molar-refractivity contribution is 0.00880. The van der Waals surface area contributed by atoms with Crippen LogP contribution in [0.25, 0.3) is 0 Å². The van der Waals surface area contributed by atoms with Crippen LogP contribution in [0.3, 0.4) is 0 Å². The molecule has 108 valence electrons. The maximum Gasteiger partial charge on any atom is 0.202 e. The van der Waals surface area contributed by atoms with Crippen LogP contribution in [0.2, 0.25) is 32.7 Å². The molecule has 0 spiro atoms. The monoisotopic (exact) mass is 288 g/mol. The van der Waals surface area contributed by atoms with Crippen LogP contribution in [0.1, 0.15) is 27.2 Å². The van der Waals surface area contributed by atoms with Gasteiger partial charge in [0.05, 0.1) is 11.8 Å². The second-order valence-corrected chi connectivity index (χ2v) is 15.8. The van der Waals surface area contributed by atoms with E-state index in [-0.39, 0.29) is 11.8 Å². The molecule has 2 nitrogen and oxygen atoms in total. The molecule has 0 aromatic heterocycles. The van der Waals surface area contributed by atoms with E-state index in [9.17, 15) is 0 Å². The van der Waals surface area contributed by atoms with Crippen molar-refractivity contribution in [2.24, 2.45) is 5.92 Å². The normalized spacial score (nSPS) is 16.7. The quantitative estimate of drug-likeness (QED) is 0.480. The van der Waals surface area contributed by atoms with Gasteiger partial charge in [0.25, 0.3) is 0 Å². The average molecular weight is 289 g/mol. The fourth-order valence-electron chi connectivity index (χ4n) is 2.51. The van der Waals surface area contributed by atoms with Crippen LogP contribution in [-0.4, -0.2) is 28.5 Å². The highest BCUT2D eigenvalue weighted by atomic mass is 28.4. The van der Waals surface area contributed by atoms with Crippen molar-refractivity contribution in [1.29, 1.82) is 0 Å². The first-order valence-corrected chi connectivity index (χ1v) is 13.4. The number of rotatable bonds is 8. The summed E-state index contributed by atoms with van der Waals surface area (Å²) in [6, 6.07) is 0. The number of hydrogen-bond donors (Lipinski definition) is 0. The van der Waals surface area contributed by atoms with Gasteiger partial charge < -0.3 is 8.85 Å². The zero-order chi connectivity index (χ0) is 14.6. The Labute approximate surface area is 116 Å². The second-order valence-electron chi connectivity index (χ2n) is 6.95. The van der Waals surface area contributed by atoms with Gasteiger partial charge in [0.2, 0.25) is 8.32 Å². The Morgan fingerprint density at radius 2 is 1.56 bits per heavy atom. The molecule has 4 heteroatoms. The molecule has 0 radical (unpaired) electrons. The van der Waals surface area contributed by atoms with E-state index in [0.29, 0.717) is 5.92 Å². The van der Waals surface area contributed by atoms with Crippen molar-refractivity contribution in [2.75, 3.05) is 0 Å². The third kappa shape index (κ3) is 6.87. The van der Waals surface area contributed by atoms with Gasteiger partial charge >= 0.3 is 0 Å². The van der Waals surface area contributed by atoms with E-state index in [4.69, 9.17) is 8.85 Å². The molecular weight excluding hydrogens is 256 g/mol. The van der Waals surface area contributed by atoms with E-state index in [1.807, 2.05) is 6.08 Å². The highest BCUT2D eigenvalue weighted by molar-refractivity contribution is 6.84. The van der Waals surface area contributed by atoms with Gasteiger partial charge in [-0.15, -0.1) is 6.58 Å². The van der Waals surface area contributed by atoms with Crippen molar-refractivity contribution in [2.45, 2.75) is 71.8 Å². The third-order valence-electron chi connectivity index (χ3n) is 2.74. The Balaban J connectivity index is 4.81. The van der Waals surface area contributed by atoms with Crippen LogP contribution in [0.15, 0.2) is 12.7 Å². The van der Waals surface area contributed by atoms with Crippen LogP contribution >= 0.6 is 0 Å². The van der Waals surface area contributed by atoms with E-state index in [1.54, 1.807) is 0 Å². The molecule has 0 aromatic carbocycles. The van der Waals surface area contributed by atoms with Gasteiger partial charge in [-0.2, -0.15) is 0 Å². The fourth-order valence-corrected chi connectivity index (χ4v) is 11.5. The number of hydrogen-bond acceptors (Lipinski definition) is 2. The van der Waals surface area contributed by atoms with Gasteiger partial charge in [-0.3, -0.25) is 0 Å². The molecule has 0 rings (SSSR count). The van der Waals surface area contributed by atoms with Crippen molar-refractivity contribution in [3.8, 4) is 0 Å². The van der Waals surface area contributed by atoms with Crippen molar-refractivity contribution in [1.82, 2.24) is 0 Å². The van der Waals surface area contributed by atoms with E-state index in [1.165, 1.54) is 0 Å². The van der Waals surface area contributed by atoms with Crippen LogP contribution in [0, 0.1) is 5.92 Å². The SMILES string of the molecule is C=CCC(C)OC(C(C)C)[Si](C)(C)O[Si](C)(C)C. The molecule has 0 aromatic rings. The zero-order valence-electron chi connectivity index (χ0n) is 13.5. The summed E-state index contributed by atoms with van der Waals surface area (Å²) in [5, 5.41) is 0. The summed E-state index contributed by atoms with van der Waals surface area (Å²) in [5.74, 6) is 0.496. The van der Waals surface area contributed by atoms with E-state index in [0.717, 1.165) is 6.42 Å². The molecule has 0 bridgehead atoms. The molecule has 2 atom stereocenters.